The van der Waals surface area contributed by atoms with Crippen LogP contribution in [0.2, 0.25) is 0 Å². The molecule has 0 spiro atoms. The summed E-state index contributed by atoms with van der Waals surface area (Å²) in [4.78, 5) is 0. The van der Waals surface area contributed by atoms with Crippen LogP contribution in [-0.2, 0) is 4.74 Å². The summed E-state index contributed by atoms with van der Waals surface area (Å²) in [6, 6.07) is 0.568. The second-order valence-electron chi connectivity index (χ2n) is 6.24. The van der Waals surface area contributed by atoms with E-state index in [1.807, 2.05) is 0 Å². The number of hydrogen-bond acceptors (Lipinski definition) is 3. The zero-order valence-corrected chi connectivity index (χ0v) is 12.1. The Morgan fingerprint density at radius 3 is 2.67 bits per heavy atom. The first-order valence-electron chi connectivity index (χ1n) is 7.81. The molecule has 2 fully saturated rings. The first-order chi connectivity index (χ1) is 8.79. The molecule has 2 N–H and O–H groups in total. The van der Waals surface area contributed by atoms with Crippen LogP contribution in [0.25, 0.3) is 0 Å². The fourth-order valence-corrected chi connectivity index (χ4v) is 3.10. The van der Waals surface area contributed by atoms with Crippen LogP contribution in [0.3, 0.4) is 0 Å². The predicted molar refractivity (Wildman–Crippen MR) is 75.8 cm³/mol. The minimum atomic E-state index is 0.568. The van der Waals surface area contributed by atoms with Crippen molar-refractivity contribution >= 4 is 0 Å². The zero-order chi connectivity index (χ0) is 12.8. The lowest BCUT2D eigenvalue weighted by atomic mass is 9.99. The third-order valence-electron chi connectivity index (χ3n) is 4.50. The maximum atomic E-state index is 5.61. The Hall–Kier alpha value is -0.120. The average molecular weight is 254 g/mol. The molecule has 1 heterocycles. The van der Waals surface area contributed by atoms with E-state index in [1.54, 1.807) is 0 Å². The minimum absolute atomic E-state index is 0.568. The summed E-state index contributed by atoms with van der Waals surface area (Å²) in [6.07, 6.45) is 6.81. The highest BCUT2D eigenvalue weighted by molar-refractivity contribution is 4.95. The standard InChI is InChI=1S/C15H30N2O/c1-3-5-15(6-7-15)12-16-9-13-10-18-11-14(13)17-8-4-2/h13-14,16-17H,3-12H2,1-2H3. The highest BCUT2D eigenvalue weighted by Gasteiger charge is 2.41. The van der Waals surface area contributed by atoms with Gasteiger partial charge in [0.1, 0.15) is 0 Å². The van der Waals surface area contributed by atoms with Gasteiger partial charge in [0, 0.05) is 25.0 Å². The van der Waals surface area contributed by atoms with Crippen LogP contribution in [0, 0.1) is 11.3 Å². The lowest BCUT2D eigenvalue weighted by Crippen LogP contribution is -2.41. The smallest absolute Gasteiger partial charge is 0.0623 e. The van der Waals surface area contributed by atoms with Crippen molar-refractivity contribution in [3.63, 3.8) is 0 Å². The Bertz CT molecular complexity index is 241. The van der Waals surface area contributed by atoms with Crippen molar-refractivity contribution in [3.05, 3.63) is 0 Å². The largest absolute Gasteiger partial charge is 0.379 e. The van der Waals surface area contributed by atoms with E-state index in [0.29, 0.717) is 17.4 Å². The fourth-order valence-electron chi connectivity index (χ4n) is 3.10. The first kappa shape index (κ1) is 14.3. The third-order valence-corrected chi connectivity index (χ3v) is 4.50. The second-order valence-corrected chi connectivity index (χ2v) is 6.24. The minimum Gasteiger partial charge on any atom is -0.379 e. The molecule has 1 aliphatic heterocycles. The summed E-state index contributed by atoms with van der Waals surface area (Å²) in [5.74, 6) is 0.661. The molecule has 2 atom stereocenters. The van der Waals surface area contributed by atoms with Gasteiger partial charge in [-0.05, 0) is 37.6 Å². The molecule has 0 radical (unpaired) electrons. The molecule has 1 saturated heterocycles. The zero-order valence-electron chi connectivity index (χ0n) is 12.1. The summed E-state index contributed by atoms with van der Waals surface area (Å²) in [7, 11) is 0. The van der Waals surface area contributed by atoms with E-state index < -0.39 is 0 Å². The van der Waals surface area contributed by atoms with Gasteiger partial charge < -0.3 is 15.4 Å². The number of hydrogen-bond donors (Lipinski definition) is 2. The van der Waals surface area contributed by atoms with Gasteiger partial charge in [-0.2, -0.15) is 0 Å². The molecule has 1 saturated carbocycles. The van der Waals surface area contributed by atoms with Crippen molar-refractivity contribution in [2.24, 2.45) is 11.3 Å². The van der Waals surface area contributed by atoms with E-state index in [-0.39, 0.29) is 0 Å². The van der Waals surface area contributed by atoms with Crippen LogP contribution in [-0.4, -0.2) is 38.9 Å². The molecule has 18 heavy (non-hydrogen) atoms. The average Bonchev–Trinajstić information content (AvgIpc) is 2.98. The van der Waals surface area contributed by atoms with Crippen LogP contribution in [0.1, 0.15) is 46.0 Å². The quantitative estimate of drug-likeness (QED) is 0.661. The van der Waals surface area contributed by atoms with Gasteiger partial charge in [0.05, 0.1) is 13.2 Å². The molecule has 0 aromatic rings. The molecule has 106 valence electrons. The molecule has 2 aliphatic rings. The van der Waals surface area contributed by atoms with Crippen LogP contribution >= 0.6 is 0 Å². The normalized spacial score (nSPS) is 29.7. The Kier molecular flexibility index (Phi) is 5.46. The summed E-state index contributed by atoms with van der Waals surface area (Å²) >= 11 is 0. The van der Waals surface area contributed by atoms with Gasteiger partial charge in [0.15, 0.2) is 0 Å². The third kappa shape index (κ3) is 3.94. The van der Waals surface area contributed by atoms with Gasteiger partial charge >= 0.3 is 0 Å². The van der Waals surface area contributed by atoms with Gasteiger partial charge in [0.2, 0.25) is 0 Å². The van der Waals surface area contributed by atoms with Gasteiger partial charge in [-0.25, -0.2) is 0 Å². The van der Waals surface area contributed by atoms with Crippen molar-refractivity contribution in [1.29, 1.82) is 0 Å². The maximum absolute atomic E-state index is 5.61. The Morgan fingerprint density at radius 1 is 1.17 bits per heavy atom. The molecule has 2 rings (SSSR count). The van der Waals surface area contributed by atoms with E-state index in [1.165, 1.54) is 38.6 Å². The molecule has 0 amide bonds. The number of ether oxygens (including phenoxy) is 1. The van der Waals surface area contributed by atoms with Gasteiger partial charge in [0.25, 0.3) is 0 Å². The van der Waals surface area contributed by atoms with Crippen LogP contribution < -0.4 is 10.6 Å². The second kappa shape index (κ2) is 6.88. The van der Waals surface area contributed by atoms with E-state index in [9.17, 15) is 0 Å². The molecule has 0 bridgehead atoms. The highest BCUT2D eigenvalue weighted by Crippen LogP contribution is 2.48. The Morgan fingerprint density at radius 2 is 2.00 bits per heavy atom. The predicted octanol–water partition coefficient (Wildman–Crippen LogP) is 2.17. The van der Waals surface area contributed by atoms with E-state index in [0.717, 1.165) is 26.3 Å². The summed E-state index contributed by atoms with van der Waals surface area (Å²) < 4.78 is 5.61. The van der Waals surface area contributed by atoms with Crippen molar-refractivity contribution in [3.8, 4) is 0 Å². The molecule has 0 aromatic heterocycles. The fraction of sp³-hybridized carbons (Fsp3) is 1.00. The van der Waals surface area contributed by atoms with Crippen LogP contribution in [0.4, 0.5) is 0 Å². The summed E-state index contributed by atoms with van der Waals surface area (Å²) in [5, 5.41) is 7.31. The van der Waals surface area contributed by atoms with Crippen molar-refractivity contribution in [2.75, 3.05) is 32.8 Å². The molecular formula is C15H30N2O. The monoisotopic (exact) mass is 254 g/mol. The molecule has 3 nitrogen and oxygen atoms in total. The molecule has 1 aliphatic carbocycles. The molecule has 2 unspecified atom stereocenters. The van der Waals surface area contributed by atoms with Gasteiger partial charge in [-0.3, -0.25) is 0 Å². The highest BCUT2D eigenvalue weighted by atomic mass is 16.5. The van der Waals surface area contributed by atoms with E-state index in [2.05, 4.69) is 24.5 Å². The topological polar surface area (TPSA) is 33.3 Å². The van der Waals surface area contributed by atoms with Gasteiger partial charge in [-0.15, -0.1) is 0 Å². The van der Waals surface area contributed by atoms with E-state index in [4.69, 9.17) is 4.74 Å². The molecular weight excluding hydrogens is 224 g/mol. The lowest BCUT2D eigenvalue weighted by molar-refractivity contribution is 0.181. The molecule has 3 heteroatoms. The number of rotatable bonds is 9. The first-order valence-corrected chi connectivity index (χ1v) is 7.81. The number of nitrogens with one attached hydrogen (secondary N) is 2. The summed E-state index contributed by atoms with van der Waals surface area (Å²) in [6.45, 7) is 9.80. The van der Waals surface area contributed by atoms with E-state index >= 15 is 0 Å². The Labute approximate surface area is 112 Å². The summed E-state index contributed by atoms with van der Waals surface area (Å²) in [5.41, 5.74) is 0.667. The lowest BCUT2D eigenvalue weighted by Gasteiger charge is -2.21. The van der Waals surface area contributed by atoms with Crippen molar-refractivity contribution in [2.45, 2.75) is 52.0 Å². The molecule has 0 aromatic carbocycles. The maximum Gasteiger partial charge on any atom is 0.0623 e. The van der Waals surface area contributed by atoms with Crippen molar-refractivity contribution < 1.29 is 4.74 Å². The van der Waals surface area contributed by atoms with Crippen LogP contribution in [0.15, 0.2) is 0 Å². The van der Waals surface area contributed by atoms with Gasteiger partial charge in [-0.1, -0.05) is 20.3 Å². The SMILES string of the molecule is CCCNC1COCC1CNCC1(CCC)CC1. The Balaban J connectivity index is 1.63. The van der Waals surface area contributed by atoms with Crippen molar-refractivity contribution in [1.82, 2.24) is 10.6 Å². The van der Waals surface area contributed by atoms with Crippen LogP contribution in [0.5, 0.6) is 0 Å².